The lowest BCUT2D eigenvalue weighted by molar-refractivity contribution is -0.137. The quantitative estimate of drug-likeness (QED) is 0.805. The van der Waals surface area contributed by atoms with Crippen molar-refractivity contribution in [2.45, 2.75) is 13.0 Å². The van der Waals surface area contributed by atoms with Crippen molar-refractivity contribution in [3.05, 3.63) is 51.9 Å². The van der Waals surface area contributed by atoms with Crippen molar-refractivity contribution in [3.63, 3.8) is 0 Å². The molecule has 102 valence electrons. The fraction of sp³-hybridized carbons (Fsp3) is 0.143. The number of aliphatic carboxylic acids is 1. The van der Waals surface area contributed by atoms with Gasteiger partial charge in [-0.1, -0.05) is 11.6 Å². The molecule has 0 aliphatic heterocycles. The normalized spacial score (nSPS) is 11.2. The van der Waals surface area contributed by atoms with E-state index in [2.05, 4.69) is 0 Å². The van der Waals surface area contributed by atoms with Gasteiger partial charge in [0.15, 0.2) is 0 Å². The van der Waals surface area contributed by atoms with Crippen molar-refractivity contribution in [2.75, 3.05) is 0 Å². The Morgan fingerprint density at radius 1 is 1.20 bits per heavy atom. The molecule has 1 aromatic carbocycles. The van der Waals surface area contributed by atoms with Crippen LogP contribution in [0.2, 0.25) is 5.02 Å². The summed E-state index contributed by atoms with van der Waals surface area (Å²) in [5, 5.41) is 9.33. The average molecular weight is 291 g/mol. The minimum absolute atomic E-state index is 0.113. The lowest BCUT2D eigenvalue weighted by Crippen LogP contribution is -2.23. The zero-order chi connectivity index (χ0) is 14.3. The molecule has 0 amide bonds. The molecule has 0 unspecified atom stereocenters. The van der Waals surface area contributed by atoms with Gasteiger partial charge in [0.25, 0.3) is 5.56 Å². The van der Waals surface area contributed by atoms with Crippen molar-refractivity contribution in [1.82, 2.24) is 8.97 Å². The summed E-state index contributed by atoms with van der Waals surface area (Å²) >= 11 is 5.99. The summed E-state index contributed by atoms with van der Waals surface area (Å²) < 4.78 is 3.25. The molecule has 6 heteroatoms. The highest BCUT2D eigenvalue weighted by Crippen LogP contribution is 2.20. The number of aryl methyl sites for hydroxylation is 1. The SMILES string of the molecule is O=C(O)CCn1c(=O)c2cccn2c2ccc(Cl)cc21. The Labute approximate surface area is 118 Å². The maximum absolute atomic E-state index is 12.4. The zero-order valence-electron chi connectivity index (χ0n) is 10.4. The molecule has 2 aromatic heterocycles. The van der Waals surface area contributed by atoms with Crippen LogP contribution in [0.4, 0.5) is 0 Å². The number of rotatable bonds is 3. The van der Waals surface area contributed by atoms with Gasteiger partial charge in [-0.15, -0.1) is 0 Å². The number of carbonyl (C=O) groups is 1. The van der Waals surface area contributed by atoms with E-state index in [9.17, 15) is 9.59 Å². The van der Waals surface area contributed by atoms with Crippen LogP contribution >= 0.6 is 11.6 Å². The van der Waals surface area contributed by atoms with E-state index in [0.29, 0.717) is 16.1 Å². The summed E-state index contributed by atoms with van der Waals surface area (Å²) in [7, 11) is 0. The lowest BCUT2D eigenvalue weighted by Gasteiger charge is -2.12. The Morgan fingerprint density at radius 2 is 2.00 bits per heavy atom. The van der Waals surface area contributed by atoms with E-state index in [1.54, 1.807) is 34.9 Å². The van der Waals surface area contributed by atoms with E-state index < -0.39 is 5.97 Å². The van der Waals surface area contributed by atoms with E-state index in [4.69, 9.17) is 16.7 Å². The van der Waals surface area contributed by atoms with Crippen LogP contribution in [0.15, 0.2) is 41.3 Å². The summed E-state index contributed by atoms with van der Waals surface area (Å²) in [5.74, 6) is -0.942. The number of hydrogen-bond donors (Lipinski definition) is 1. The summed E-state index contributed by atoms with van der Waals surface area (Å²) in [6.45, 7) is 0.118. The Bertz CT molecular complexity index is 879. The van der Waals surface area contributed by atoms with Crippen LogP contribution in [0.5, 0.6) is 0 Å². The first-order valence-corrected chi connectivity index (χ1v) is 6.46. The fourth-order valence-electron chi connectivity index (χ4n) is 2.36. The molecule has 2 heterocycles. The number of nitrogens with zero attached hydrogens (tertiary/aromatic N) is 2. The second kappa shape index (κ2) is 4.68. The highest BCUT2D eigenvalue weighted by Gasteiger charge is 2.11. The Kier molecular flexibility index (Phi) is 2.99. The van der Waals surface area contributed by atoms with Crippen molar-refractivity contribution < 1.29 is 9.90 Å². The number of halogens is 1. The first kappa shape index (κ1) is 12.7. The van der Waals surface area contributed by atoms with Crippen molar-refractivity contribution in [2.24, 2.45) is 0 Å². The minimum atomic E-state index is -0.942. The highest BCUT2D eigenvalue weighted by molar-refractivity contribution is 6.31. The van der Waals surface area contributed by atoms with Gasteiger partial charge in [0, 0.05) is 17.8 Å². The molecular weight excluding hydrogens is 280 g/mol. The lowest BCUT2D eigenvalue weighted by atomic mass is 10.2. The van der Waals surface area contributed by atoms with Crippen molar-refractivity contribution in [3.8, 4) is 0 Å². The fourth-order valence-corrected chi connectivity index (χ4v) is 2.53. The standard InChI is InChI=1S/C14H11ClN2O3/c15-9-3-4-10-12(8-9)17(7-5-13(18)19)14(20)11-2-1-6-16(10)11/h1-4,6,8H,5,7H2,(H,18,19). The van der Waals surface area contributed by atoms with Crippen LogP contribution < -0.4 is 5.56 Å². The topological polar surface area (TPSA) is 63.7 Å². The summed E-state index contributed by atoms with van der Waals surface area (Å²) in [6, 6.07) is 8.75. The first-order chi connectivity index (χ1) is 9.58. The Morgan fingerprint density at radius 3 is 2.75 bits per heavy atom. The maximum Gasteiger partial charge on any atom is 0.305 e. The third-order valence-corrected chi connectivity index (χ3v) is 3.49. The number of carboxylic acids is 1. The van der Waals surface area contributed by atoms with Crippen LogP contribution in [-0.2, 0) is 11.3 Å². The molecule has 1 N–H and O–H groups in total. The van der Waals surface area contributed by atoms with E-state index in [-0.39, 0.29) is 18.5 Å². The average Bonchev–Trinajstić information content (AvgIpc) is 2.87. The van der Waals surface area contributed by atoms with Crippen LogP contribution in [0.25, 0.3) is 16.6 Å². The van der Waals surface area contributed by atoms with E-state index in [1.165, 1.54) is 4.57 Å². The molecule has 3 rings (SSSR count). The monoisotopic (exact) mass is 290 g/mol. The summed E-state index contributed by atoms with van der Waals surface area (Å²) in [6.07, 6.45) is 1.69. The van der Waals surface area contributed by atoms with Crippen LogP contribution in [0, 0.1) is 0 Å². The van der Waals surface area contributed by atoms with Gasteiger partial charge in [0.05, 0.1) is 17.5 Å². The van der Waals surface area contributed by atoms with Gasteiger partial charge < -0.3 is 14.1 Å². The molecule has 3 aromatic rings. The summed E-state index contributed by atoms with van der Waals surface area (Å²) in [4.78, 5) is 23.2. The Balaban J connectivity index is 2.38. The number of aromatic nitrogens is 2. The molecule has 0 radical (unpaired) electrons. The predicted molar refractivity (Wildman–Crippen MR) is 76.4 cm³/mol. The van der Waals surface area contributed by atoms with Crippen molar-refractivity contribution in [1.29, 1.82) is 0 Å². The molecule has 0 atom stereocenters. The van der Waals surface area contributed by atoms with Gasteiger partial charge in [-0.05, 0) is 30.3 Å². The molecule has 0 saturated carbocycles. The summed E-state index contributed by atoms with van der Waals surface area (Å²) in [5.41, 5.74) is 1.75. The van der Waals surface area contributed by atoms with Crippen LogP contribution in [0.3, 0.4) is 0 Å². The molecule has 0 aliphatic carbocycles. The number of benzene rings is 1. The van der Waals surface area contributed by atoms with E-state index >= 15 is 0 Å². The van der Waals surface area contributed by atoms with Gasteiger partial charge in [-0.2, -0.15) is 0 Å². The van der Waals surface area contributed by atoms with Crippen LogP contribution in [0.1, 0.15) is 6.42 Å². The molecule has 0 saturated heterocycles. The van der Waals surface area contributed by atoms with E-state index in [0.717, 1.165) is 5.52 Å². The second-order valence-electron chi connectivity index (χ2n) is 4.50. The Hall–Kier alpha value is -2.27. The number of hydrogen-bond acceptors (Lipinski definition) is 2. The molecule has 0 fully saturated rings. The van der Waals surface area contributed by atoms with Crippen LogP contribution in [-0.4, -0.2) is 20.0 Å². The smallest absolute Gasteiger partial charge is 0.305 e. The largest absolute Gasteiger partial charge is 0.481 e. The van der Waals surface area contributed by atoms with Crippen molar-refractivity contribution >= 4 is 34.1 Å². The molecule has 0 aliphatic rings. The number of fused-ring (bicyclic) bond motifs is 3. The first-order valence-electron chi connectivity index (χ1n) is 6.09. The maximum atomic E-state index is 12.4. The van der Waals surface area contributed by atoms with Gasteiger partial charge in [-0.3, -0.25) is 9.59 Å². The highest BCUT2D eigenvalue weighted by atomic mass is 35.5. The molecule has 0 spiro atoms. The van der Waals surface area contributed by atoms with Gasteiger partial charge in [0.1, 0.15) is 5.52 Å². The minimum Gasteiger partial charge on any atom is -0.481 e. The molecular formula is C14H11ClN2O3. The molecule has 0 bridgehead atoms. The molecule has 5 nitrogen and oxygen atoms in total. The number of carboxylic acid groups (broad SMARTS) is 1. The third-order valence-electron chi connectivity index (χ3n) is 3.25. The third kappa shape index (κ3) is 1.96. The van der Waals surface area contributed by atoms with E-state index in [1.807, 2.05) is 6.07 Å². The zero-order valence-corrected chi connectivity index (χ0v) is 11.2. The predicted octanol–water partition coefficient (Wildman–Crippen LogP) is 2.38. The van der Waals surface area contributed by atoms with Gasteiger partial charge in [-0.25, -0.2) is 0 Å². The van der Waals surface area contributed by atoms with Gasteiger partial charge in [0.2, 0.25) is 0 Å². The van der Waals surface area contributed by atoms with Gasteiger partial charge >= 0.3 is 5.97 Å². The second-order valence-corrected chi connectivity index (χ2v) is 4.93. The molecule has 20 heavy (non-hydrogen) atoms.